The highest BCUT2D eigenvalue weighted by atomic mass is 16.6. The second-order valence-corrected chi connectivity index (χ2v) is 10.8. The highest BCUT2D eigenvalue weighted by Gasteiger charge is 2.61. The number of hydrogen-bond donors (Lipinski definition) is 2. The molecule has 0 aromatic rings. The zero-order valence-electron chi connectivity index (χ0n) is 17.5. The molecule has 4 saturated carbocycles. The van der Waals surface area contributed by atoms with Crippen LogP contribution in [0.15, 0.2) is 5.16 Å². The number of nitrogens with zero attached hydrogens (tertiary/aromatic N) is 1. The van der Waals surface area contributed by atoms with Crippen LogP contribution in [-0.2, 0) is 9.63 Å². The van der Waals surface area contributed by atoms with Crippen molar-refractivity contribution >= 4 is 11.5 Å². The molecule has 4 aliphatic carbocycles. The van der Waals surface area contributed by atoms with E-state index in [4.69, 9.17) is 4.84 Å². The largest absolute Gasteiger partial charge is 0.393 e. The molecule has 1 heterocycles. The normalized spacial score (nSPS) is 52.2. The summed E-state index contributed by atoms with van der Waals surface area (Å²) in [6, 6.07) is 0. The van der Waals surface area contributed by atoms with E-state index in [1.54, 1.807) is 0 Å². The fourth-order valence-electron chi connectivity index (χ4n) is 7.82. The van der Waals surface area contributed by atoms with Gasteiger partial charge < -0.3 is 15.3 Å². The van der Waals surface area contributed by atoms with Gasteiger partial charge in [-0.15, -0.1) is 0 Å². The van der Waals surface area contributed by atoms with Gasteiger partial charge in [-0.3, -0.25) is 4.79 Å². The highest BCUT2D eigenvalue weighted by Crippen LogP contribution is 2.65. The molecule has 0 bridgehead atoms. The molecular formula is C23H36N2O3. The molecule has 5 aliphatic rings. The lowest BCUT2D eigenvalue weighted by Gasteiger charge is -2.60. The smallest absolute Gasteiger partial charge is 0.141 e. The zero-order chi connectivity index (χ0) is 19.5. The minimum Gasteiger partial charge on any atom is -0.393 e. The summed E-state index contributed by atoms with van der Waals surface area (Å²) in [5, 5.41) is 19.0. The molecular weight excluding hydrogens is 352 g/mol. The SMILES string of the molecule is C[C@]12CCC(=NO[C@@H]3CCNC3)CC1C(O)C[C@@H]1[C@@H]2CC[C@]2(C)C(=O)CC[C@@H]12. The number of aliphatic hydroxyl groups is 1. The summed E-state index contributed by atoms with van der Waals surface area (Å²) < 4.78 is 0. The number of oxime groups is 1. The predicted molar refractivity (Wildman–Crippen MR) is 108 cm³/mol. The van der Waals surface area contributed by atoms with Crippen LogP contribution in [0.3, 0.4) is 0 Å². The van der Waals surface area contributed by atoms with Crippen molar-refractivity contribution in [3.63, 3.8) is 0 Å². The Balaban J connectivity index is 1.34. The van der Waals surface area contributed by atoms with E-state index in [1.165, 1.54) is 0 Å². The fraction of sp³-hybridized carbons (Fsp3) is 0.913. The number of ketones is 1. The van der Waals surface area contributed by atoms with Crippen LogP contribution >= 0.6 is 0 Å². The summed E-state index contributed by atoms with van der Waals surface area (Å²) in [6.45, 7) is 6.55. The quantitative estimate of drug-likeness (QED) is 0.712. The van der Waals surface area contributed by atoms with Gasteiger partial charge in [0.25, 0.3) is 0 Å². The van der Waals surface area contributed by atoms with Crippen LogP contribution in [0.2, 0.25) is 0 Å². The van der Waals surface area contributed by atoms with E-state index < -0.39 is 0 Å². The Morgan fingerprint density at radius 1 is 1.11 bits per heavy atom. The number of Topliss-reactive ketones (excluding diaryl/α,β-unsaturated/α-hetero) is 1. The molecule has 0 amide bonds. The number of fused-ring (bicyclic) bond motifs is 5. The molecule has 5 fully saturated rings. The van der Waals surface area contributed by atoms with Crippen LogP contribution in [0, 0.1) is 34.5 Å². The number of nitrogens with one attached hydrogen (secondary N) is 1. The van der Waals surface area contributed by atoms with Crippen LogP contribution in [-0.4, -0.2) is 41.9 Å². The molecule has 5 heteroatoms. The van der Waals surface area contributed by atoms with Crippen molar-refractivity contribution < 1.29 is 14.7 Å². The number of carbonyl (C=O) groups is 1. The monoisotopic (exact) mass is 388 g/mol. The first-order chi connectivity index (χ1) is 13.4. The van der Waals surface area contributed by atoms with E-state index in [0.29, 0.717) is 23.5 Å². The third-order valence-electron chi connectivity index (χ3n) is 9.57. The summed E-state index contributed by atoms with van der Waals surface area (Å²) in [4.78, 5) is 18.4. The van der Waals surface area contributed by atoms with Gasteiger partial charge in [0.2, 0.25) is 0 Å². The first-order valence-electron chi connectivity index (χ1n) is 11.6. The van der Waals surface area contributed by atoms with Crippen LogP contribution < -0.4 is 5.32 Å². The van der Waals surface area contributed by atoms with Crippen LogP contribution in [0.25, 0.3) is 0 Å². The average Bonchev–Trinajstić information content (AvgIpc) is 3.29. The van der Waals surface area contributed by atoms with Gasteiger partial charge in [0.1, 0.15) is 11.9 Å². The van der Waals surface area contributed by atoms with Crippen molar-refractivity contribution in [1.82, 2.24) is 5.32 Å². The van der Waals surface area contributed by atoms with Crippen LogP contribution in [0.4, 0.5) is 0 Å². The van der Waals surface area contributed by atoms with E-state index in [2.05, 4.69) is 24.3 Å². The van der Waals surface area contributed by atoms with Crippen LogP contribution in [0.5, 0.6) is 0 Å². The second kappa shape index (κ2) is 6.80. The van der Waals surface area contributed by atoms with Gasteiger partial charge in [-0.1, -0.05) is 19.0 Å². The Morgan fingerprint density at radius 3 is 2.75 bits per heavy atom. The van der Waals surface area contributed by atoms with Crippen LogP contribution in [0.1, 0.15) is 71.6 Å². The Morgan fingerprint density at radius 2 is 1.96 bits per heavy atom. The Bertz CT molecular complexity index is 673. The second-order valence-electron chi connectivity index (χ2n) is 10.8. The maximum absolute atomic E-state index is 12.6. The molecule has 1 saturated heterocycles. The number of carbonyl (C=O) groups excluding carboxylic acids is 1. The minimum atomic E-state index is -0.275. The number of hydrogen-bond acceptors (Lipinski definition) is 5. The van der Waals surface area contributed by atoms with Gasteiger partial charge in [-0.25, -0.2) is 0 Å². The number of aliphatic hydroxyl groups excluding tert-OH is 1. The topological polar surface area (TPSA) is 70.9 Å². The Kier molecular flexibility index (Phi) is 4.63. The molecule has 0 spiro atoms. The molecule has 0 aromatic heterocycles. The first-order valence-corrected chi connectivity index (χ1v) is 11.6. The van der Waals surface area contributed by atoms with Gasteiger partial charge in [-0.2, -0.15) is 0 Å². The maximum atomic E-state index is 12.6. The summed E-state index contributed by atoms with van der Waals surface area (Å²) in [7, 11) is 0. The highest BCUT2D eigenvalue weighted by molar-refractivity contribution is 5.87. The molecule has 2 N–H and O–H groups in total. The van der Waals surface area contributed by atoms with Crippen molar-refractivity contribution in [3.05, 3.63) is 0 Å². The van der Waals surface area contributed by atoms with Crippen molar-refractivity contribution in [2.24, 2.45) is 39.7 Å². The van der Waals surface area contributed by atoms with Gasteiger partial charge in [0.05, 0.1) is 11.8 Å². The lowest BCUT2D eigenvalue weighted by atomic mass is 9.44. The van der Waals surface area contributed by atoms with E-state index in [9.17, 15) is 9.90 Å². The lowest BCUT2D eigenvalue weighted by Crippen LogP contribution is -2.57. The number of rotatable bonds is 2. The molecule has 156 valence electrons. The van der Waals surface area contributed by atoms with Gasteiger partial charge in [-0.05, 0) is 80.6 Å². The molecule has 5 rings (SSSR count). The first kappa shape index (κ1) is 19.0. The summed E-state index contributed by atoms with van der Waals surface area (Å²) in [6.07, 6.45) is 8.80. The fourth-order valence-corrected chi connectivity index (χ4v) is 7.82. The molecule has 1 aliphatic heterocycles. The maximum Gasteiger partial charge on any atom is 0.141 e. The molecule has 0 radical (unpaired) electrons. The van der Waals surface area contributed by atoms with Crippen molar-refractivity contribution in [3.8, 4) is 0 Å². The third kappa shape index (κ3) is 2.79. The minimum absolute atomic E-state index is 0.117. The lowest BCUT2D eigenvalue weighted by molar-refractivity contribution is -0.153. The molecule has 2 unspecified atom stereocenters. The Hall–Kier alpha value is -0.940. The predicted octanol–water partition coefficient (Wildman–Crippen LogP) is 3.30. The van der Waals surface area contributed by atoms with E-state index >= 15 is 0 Å². The third-order valence-corrected chi connectivity index (χ3v) is 9.57. The van der Waals surface area contributed by atoms with Crippen molar-refractivity contribution in [2.45, 2.75) is 83.8 Å². The molecule has 5 nitrogen and oxygen atoms in total. The zero-order valence-corrected chi connectivity index (χ0v) is 17.5. The van der Waals surface area contributed by atoms with Crippen molar-refractivity contribution in [1.29, 1.82) is 0 Å². The molecule has 8 atom stereocenters. The standard InChI is InChI=1S/C23H36N2O3/c1-22-8-5-14(25-28-15-7-10-24-13-15)11-19(22)20(26)12-16-17-3-4-21(27)23(17,2)9-6-18(16)22/h15-20,24,26H,3-13H2,1-2H3/t15-,16+,17+,18+,19?,20?,22-,23+/m1/s1. The molecule has 0 aromatic carbocycles. The average molecular weight is 389 g/mol. The summed E-state index contributed by atoms with van der Waals surface area (Å²) in [5.74, 6) is 2.41. The summed E-state index contributed by atoms with van der Waals surface area (Å²) in [5.41, 5.74) is 1.20. The molecule has 28 heavy (non-hydrogen) atoms. The van der Waals surface area contributed by atoms with Crippen molar-refractivity contribution in [2.75, 3.05) is 13.1 Å². The van der Waals surface area contributed by atoms with E-state index in [-0.39, 0.29) is 29.0 Å². The van der Waals surface area contributed by atoms with E-state index in [1.807, 2.05) is 0 Å². The van der Waals surface area contributed by atoms with Gasteiger partial charge >= 0.3 is 0 Å². The Labute approximate surface area is 168 Å². The van der Waals surface area contributed by atoms with Gasteiger partial charge in [0.15, 0.2) is 0 Å². The summed E-state index contributed by atoms with van der Waals surface area (Å²) >= 11 is 0. The van der Waals surface area contributed by atoms with Gasteiger partial charge in [0, 0.05) is 24.8 Å². The van der Waals surface area contributed by atoms with E-state index in [0.717, 1.165) is 76.6 Å².